The molecule has 2 aromatic rings. The van der Waals surface area contributed by atoms with E-state index in [9.17, 15) is 4.79 Å². The molecule has 124 valence electrons. The normalized spacial score (nSPS) is 17.6. The Balaban J connectivity index is 1.44. The number of piperazine rings is 1. The molecule has 2 aliphatic rings. The summed E-state index contributed by atoms with van der Waals surface area (Å²) >= 11 is 0. The molecule has 5 heteroatoms. The van der Waals surface area contributed by atoms with Gasteiger partial charge in [0, 0.05) is 44.6 Å². The van der Waals surface area contributed by atoms with Gasteiger partial charge >= 0.3 is 6.03 Å². The van der Waals surface area contributed by atoms with Crippen LogP contribution in [0.4, 0.5) is 16.3 Å². The highest BCUT2D eigenvalue weighted by Crippen LogP contribution is 2.28. The maximum atomic E-state index is 13.0. The van der Waals surface area contributed by atoms with Crippen molar-refractivity contribution in [1.82, 2.24) is 9.88 Å². The van der Waals surface area contributed by atoms with E-state index in [2.05, 4.69) is 28.1 Å². The fourth-order valence-corrected chi connectivity index (χ4v) is 3.57. The Kier molecular flexibility index (Phi) is 4.07. The van der Waals surface area contributed by atoms with Crippen LogP contribution in [0, 0.1) is 0 Å². The number of hydrogen-bond acceptors (Lipinski definition) is 3. The maximum Gasteiger partial charge on any atom is 0.324 e. The molecule has 1 aromatic carbocycles. The van der Waals surface area contributed by atoms with Crippen molar-refractivity contribution in [3.63, 3.8) is 0 Å². The van der Waals surface area contributed by atoms with Crippen LogP contribution < -0.4 is 9.80 Å². The van der Waals surface area contributed by atoms with E-state index in [0.717, 1.165) is 57.1 Å². The van der Waals surface area contributed by atoms with Gasteiger partial charge in [-0.05, 0) is 36.6 Å². The van der Waals surface area contributed by atoms with E-state index in [-0.39, 0.29) is 6.03 Å². The van der Waals surface area contributed by atoms with Gasteiger partial charge in [0.15, 0.2) is 0 Å². The summed E-state index contributed by atoms with van der Waals surface area (Å²) in [5.41, 5.74) is 2.37. The van der Waals surface area contributed by atoms with Crippen LogP contribution in [0.5, 0.6) is 0 Å². The maximum absolute atomic E-state index is 13.0. The molecule has 1 aromatic heterocycles. The number of benzene rings is 1. The number of fused-ring (bicyclic) bond motifs is 1. The average Bonchev–Trinajstić information content (AvgIpc) is 2.68. The number of amides is 2. The molecular formula is C19H22N4O. The fourth-order valence-electron chi connectivity index (χ4n) is 3.57. The molecule has 0 spiro atoms. The number of carbonyl (C=O) groups is 1. The zero-order valence-corrected chi connectivity index (χ0v) is 13.8. The van der Waals surface area contributed by atoms with E-state index in [0.29, 0.717) is 0 Å². The predicted octanol–water partition coefficient (Wildman–Crippen LogP) is 2.78. The van der Waals surface area contributed by atoms with Gasteiger partial charge in [-0.25, -0.2) is 9.78 Å². The predicted molar refractivity (Wildman–Crippen MR) is 95.5 cm³/mol. The van der Waals surface area contributed by atoms with Gasteiger partial charge in [0.1, 0.15) is 5.82 Å². The molecular weight excluding hydrogens is 300 g/mol. The number of rotatable bonds is 1. The molecule has 1 fully saturated rings. The van der Waals surface area contributed by atoms with Crippen molar-refractivity contribution in [1.29, 1.82) is 0 Å². The second-order valence-corrected chi connectivity index (χ2v) is 6.33. The third kappa shape index (κ3) is 2.82. The van der Waals surface area contributed by atoms with Crippen LogP contribution in [0.3, 0.4) is 0 Å². The molecule has 2 amide bonds. The molecule has 0 bridgehead atoms. The number of carbonyl (C=O) groups excluding carboxylic acids is 1. The average molecular weight is 322 g/mol. The van der Waals surface area contributed by atoms with Crippen LogP contribution in [-0.4, -0.2) is 48.6 Å². The third-order valence-electron chi connectivity index (χ3n) is 4.86. The molecule has 0 radical (unpaired) electrons. The van der Waals surface area contributed by atoms with Gasteiger partial charge in [-0.2, -0.15) is 0 Å². The highest BCUT2D eigenvalue weighted by molar-refractivity contribution is 5.93. The first-order valence-corrected chi connectivity index (χ1v) is 8.63. The number of urea groups is 1. The molecule has 24 heavy (non-hydrogen) atoms. The van der Waals surface area contributed by atoms with Crippen LogP contribution >= 0.6 is 0 Å². The lowest BCUT2D eigenvalue weighted by Crippen LogP contribution is -2.54. The monoisotopic (exact) mass is 322 g/mol. The minimum absolute atomic E-state index is 0.142. The van der Waals surface area contributed by atoms with Gasteiger partial charge in [-0.15, -0.1) is 0 Å². The second-order valence-electron chi connectivity index (χ2n) is 6.33. The summed E-state index contributed by atoms with van der Waals surface area (Å²) in [5, 5.41) is 0. The van der Waals surface area contributed by atoms with Crippen LogP contribution in [0.2, 0.25) is 0 Å². The Morgan fingerprint density at radius 3 is 2.50 bits per heavy atom. The number of aromatic nitrogens is 1. The van der Waals surface area contributed by atoms with Crippen molar-refractivity contribution >= 4 is 17.5 Å². The molecule has 1 saturated heterocycles. The third-order valence-corrected chi connectivity index (χ3v) is 4.86. The molecule has 0 unspecified atom stereocenters. The van der Waals surface area contributed by atoms with Gasteiger partial charge < -0.3 is 9.80 Å². The molecule has 5 nitrogen and oxygen atoms in total. The zero-order valence-electron chi connectivity index (χ0n) is 13.8. The summed E-state index contributed by atoms with van der Waals surface area (Å²) in [6.07, 6.45) is 3.92. The van der Waals surface area contributed by atoms with Crippen molar-refractivity contribution in [3.8, 4) is 0 Å². The van der Waals surface area contributed by atoms with E-state index >= 15 is 0 Å². The lowest BCUT2D eigenvalue weighted by molar-refractivity contribution is 0.200. The zero-order chi connectivity index (χ0) is 16.4. The smallest absolute Gasteiger partial charge is 0.324 e. The first-order valence-electron chi connectivity index (χ1n) is 8.63. The minimum Gasteiger partial charge on any atom is -0.353 e. The standard InChI is InChI=1S/C19H22N4O/c24-19(23-11-5-7-16-6-1-2-8-17(16)23)22-14-12-21(13-15-22)18-9-3-4-10-20-18/h1-4,6,8-10H,5,7,11-15H2. The summed E-state index contributed by atoms with van der Waals surface area (Å²) in [4.78, 5) is 23.6. The molecule has 0 atom stereocenters. The van der Waals surface area contributed by atoms with E-state index in [1.165, 1.54) is 5.56 Å². The summed E-state index contributed by atoms with van der Waals surface area (Å²) in [6, 6.07) is 14.4. The largest absolute Gasteiger partial charge is 0.353 e. The summed E-state index contributed by atoms with van der Waals surface area (Å²) in [6.45, 7) is 3.97. The van der Waals surface area contributed by atoms with E-state index < -0.39 is 0 Å². The van der Waals surface area contributed by atoms with Gasteiger partial charge in [0.05, 0.1) is 0 Å². The van der Waals surface area contributed by atoms with E-state index in [1.54, 1.807) is 0 Å². The number of nitrogens with zero attached hydrogens (tertiary/aromatic N) is 4. The number of hydrogen-bond donors (Lipinski definition) is 0. The lowest BCUT2D eigenvalue weighted by Gasteiger charge is -2.39. The van der Waals surface area contributed by atoms with Gasteiger partial charge in [0.25, 0.3) is 0 Å². The lowest BCUT2D eigenvalue weighted by atomic mass is 10.0. The molecule has 0 saturated carbocycles. The Labute approximate surface area is 142 Å². The Morgan fingerprint density at radius 2 is 1.71 bits per heavy atom. The highest BCUT2D eigenvalue weighted by atomic mass is 16.2. The van der Waals surface area contributed by atoms with Crippen molar-refractivity contribution in [2.75, 3.05) is 42.5 Å². The van der Waals surface area contributed by atoms with E-state index in [1.807, 2.05) is 40.3 Å². The van der Waals surface area contributed by atoms with Crippen molar-refractivity contribution in [2.45, 2.75) is 12.8 Å². The van der Waals surface area contributed by atoms with Crippen LogP contribution in [0.1, 0.15) is 12.0 Å². The summed E-state index contributed by atoms with van der Waals surface area (Å²) < 4.78 is 0. The van der Waals surface area contributed by atoms with Crippen LogP contribution in [0.15, 0.2) is 48.7 Å². The fraction of sp³-hybridized carbons (Fsp3) is 0.368. The Bertz CT molecular complexity index is 710. The van der Waals surface area contributed by atoms with Gasteiger partial charge in [-0.1, -0.05) is 24.3 Å². The molecule has 4 rings (SSSR count). The minimum atomic E-state index is 0.142. The molecule has 2 aliphatic heterocycles. The van der Waals surface area contributed by atoms with Gasteiger partial charge in [-0.3, -0.25) is 4.90 Å². The topological polar surface area (TPSA) is 39.7 Å². The van der Waals surface area contributed by atoms with Crippen molar-refractivity contribution in [3.05, 3.63) is 54.2 Å². The highest BCUT2D eigenvalue weighted by Gasteiger charge is 2.29. The van der Waals surface area contributed by atoms with Crippen LogP contribution in [-0.2, 0) is 6.42 Å². The molecule has 0 N–H and O–H groups in total. The first-order chi connectivity index (χ1) is 11.8. The van der Waals surface area contributed by atoms with E-state index in [4.69, 9.17) is 0 Å². The molecule has 0 aliphatic carbocycles. The number of anilines is 2. The number of aryl methyl sites for hydroxylation is 1. The molecule has 3 heterocycles. The van der Waals surface area contributed by atoms with Crippen LogP contribution in [0.25, 0.3) is 0 Å². The number of pyridine rings is 1. The van der Waals surface area contributed by atoms with Crippen molar-refractivity contribution in [2.24, 2.45) is 0 Å². The number of para-hydroxylation sites is 1. The Morgan fingerprint density at radius 1 is 0.917 bits per heavy atom. The Hall–Kier alpha value is -2.56. The summed E-state index contributed by atoms with van der Waals surface area (Å²) in [7, 11) is 0. The first kappa shape index (κ1) is 15.0. The van der Waals surface area contributed by atoms with Crippen molar-refractivity contribution < 1.29 is 4.79 Å². The SMILES string of the molecule is O=C(N1CCN(c2ccccn2)CC1)N1CCCc2ccccc21. The quantitative estimate of drug-likeness (QED) is 0.810. The van der Waals surface area contributed by atoms with Gasteiger partial charge in [0.2, 0.25) is 0 Å². The summed E-state index contributed by atoms with van der Waals surface area (Å²) in [5.74, 6) is 0.993. The second kappa shape index (κ2) is 6.51.